The molecule has 0 spiro atoms. The summed E-state index contributed by atoms with van der Waals surface area (Å²) in [5, 5.41) is 25.4. The Balaban J connectivity index is 2.02. The molecule has 5 rings (SSSR count). The summed E-state index contributed by atoms with van der Waals surface area (Å²) in [5.41, 5.74) is -0.760. The standard InChI is InChI=1S/C24H28N6O4/c1-27(2)9-11-29-21(31)13-5-6-14-16-15(13)17(23(29)33)19-20(26-8-7-25-19)18(16)24(34)30(22(14)32)12-10-28(3)4/h5-6,31-32H,7-12H2,1-4H3. The fourth-order valence-electron chi connectivity index (χ4n) is 4.78. The Hall–Kier alpha value is -3.50. The quantitative estimate of drug-likeness (QED) is 0.379. The molecule has 10 heteroatoms. The molecule has 2 aromatic heterocycles. The number of hydrogen-bond acceptors (Lipinski definition) is 8. The number of pyridine rings is 2. The number of fused-ring (bicyclic) bond motifs is 3. The average molecular weight is 465 g/mol. The summed E-state index contributed by atoms with van der Waals surface area (Å²) in [6.45, 7) is 2.53. The van der Waals surface area contributed by atoms with Crippen molar-refractivity contribution in [3.05, 3.63) is 43.6 Å². The van der Waals surface area contributed by atoms with Crippen LogP contribution in [0.4, 0.5) is 0 Å². The zero-order valence-electron chi connectivity index (χ0n) is 19.8. The number of aromatic nitrogens is 2. The first-order valence-corrected chi connectivity index (χ1v) is 11.3. The van der Waals surface area contributed by atoms with Gasteiger partial charge in [0.25, 0.3) is 11.1 Å². The van der Waals surface area contributed by atoms with Gasteiger partial charge in [0.2, 0.25) is 11.8 Å². The van der Waals surface area contributed by atoms with Crippen LogP contribution in [-0.4, -0.2) is 83.5 Å². The van der Waals surface area contributed by atoms with Crippen molar-refractivity contribution in [2.75, 3.05) is 54.4 Å². The summed E-state index contributed by atoms with van der Waals surface area (Å²) in [5.74, 6) is -0.321. The summed E-state index contributed by atoms with van der Waals surface area (Å²) in [4.78, 5) is 40.5. The van der Waals surface area contributed by atoms with E-state index < -0.39 is 0 Å². The Bertz CT molecular complexity index is 1560. The predicted octanol–water partition coefficient (Wildman–Crippen LogP) is -0.305. The van der Waals surface area contributed by atoms with E-state index >= 15 is 0 Å². The minimum absolute atomic E-state index is 0.161. The molecular formula is C24H28N6O4. The number of hydrogen-bond donors (Lipinski definition) is 2. The van der Waals surface area contributed by atoms with Crippen LogP contribution in [0.3, 0.4) is 0 Å². The number of likely N-dealkylation sites (N-methyl/N-ethyl adjacent to an activating group) is 2. The molecule has 0 aliphatic carbocycles. The predicted molar refractivity (Wildman–Crippen MR) is 131 cm³/mol. The summed E-state index contributed by atoms with van der Waals surface area (Å²) in [7, 11) is 7.58. The van der Waals surface area contributed by atoms with Crippen molar-refractivity contribution in [1.29, 1.82) is 0 Å². The molecule has 178 valence electrons. The van der Waals surface area contributed by atoms with Crippen molar-refractivity contribution in [2.24, 2.45) is 9.98 Å². The molecule has 3 heterocycles. The number of rotatable bonds is 6. The molecule has 0 bridgehead atoms. The van der Waals surface area contributed by atoms with Crippen LogP contribution in [-0.2, 0) is 13.1 Å². The van der Waals surface area contributed by atoms with E-state index in [4.69, 9.17) is 0 Å². The van der Waals surface area contributed by atoms with Crippen LogP contribution < -0.4 is 21.8 Å². The largest absolute Gasteiger partial charge is 0.494 e. The molecule has 0 amide bonds. The maximum atomic E-state index is 13.7. The van der Waals surface area contributed by atoms with Gasteiger partial charge >= 0.3 is 0 Å². The maximum absolute atomic E-state index is 13.7. The van der Waals surface area contributed by atoms with Gasteiger partial charge in [0.05, 0.1) is 34.6 Å². The van der Waals surface area contributed by atoms with Crippen LogP contribution in [0.5, 0.6) is 11.8 Å². The first-order chi connectivity index (χ1) is 16.2. The van der Waals surface area contributed by atoms with Crippen LogP contribution in [0.15, 0.2) is 31.7 Å². The van der Waals surface area contributed by atoms with Crippen molar-refractivity contribution in [2.45, 2.75) is 13.1 Å². The van der Waals surface area contributed by atoms with Crippen LogP contribution in [0.25, 0.3) is 32.3 Å². The van der Waals surface area contributed by atoms with E-state index in [2.05, 4.69) is 9.98 Å². The molecule has 2 N–H and O–H groups in total. The van der Waals surface area contributed by atoms with E-state index in [1.165, 1.54) is 9.13 Å². The fraction of sp³-hybridized carbons (Fsp3) is 0.417. The molecule has 10 nitrogen and oxygen atoms in total. The van der Waals surface area contributed by atoms with Gasteiger partial charge in [-0.1, -0.05) is 0 Å². The van der Waals surface area contributed by atoms with Crippen molar-refractivity contribution in [3.8, 4) is 11.8 Å². The molecular weight excluding hydrogens is 436 g/mol. The van der Waals surface area contributed by atoms with Crippen molar-refractivity contribution in [1.82, 2.24) is 18.9 Å². The van der Waals surface area contributed by atoms with Gasteiger partial charge in [-0.2, -0.15) is 0 Å². The SMILES string of the molecule is CN(C)CCn1c(O)c2ccc3c(O)n(CCN(C)C)c(=O)c4c5c(c(c1=O)c2c34)=NCCN=5. The summed E-state index contributed by atoms with van der Waals surface area (Å²) < 4.78 is 2.70. The Labute approximate surface area is 194 Å². The highest BCUT2D eigenvalue weighted by atomic mass is 16.3. The summed E-state index contributed by atoms with van der Waals surface area (Å²) in [6.07, 6.45) is 0. The zero-order valence-corrected chi connectivity index (χ0v) is 19.8. The molecule has 4 aromatic rings. The first kappa shape index (κ1) is 22.3. The molecule has 0 saturated heterocycles. The molecule has 2 aromatic carbocycles. The molecule has 0 saturated carbocycles. The van der Waals surface area contributed by atoms with Gasteiger partial charge in [-0.25, -0.2) is 0 Å². The highest BCUT2D eigenvalue weighted by Crippen LogP contribution is 2.36. The van der Waals surface area contributed by atoms with E-state index in [9.17, 15) is 19.8 Å². The number of nitrogens with zero attached hydrogens (tertiary/aromatic N) is 6. The van der Waals surface area contributed by atoms with Crippen LogP contribution in [0.1, 0.15) is 0 Å². The first-order valence-electron chi connectivity index (χ1n) is 11.3. The zero-order chi connectivity index (χ0) is 24.3. The highest BCUT2D eigenvalue weighted by molar-refractivity contribution is 6.24. The third kappa shape index (κ3) is 3.17. The average Bonchev–Trinajstić information content (AvgIpc) is 2.79. The van der Waals surface area contributed by atoms with E-state index in [0.717, 1.165) is 0 Å². The third-order valence-corrected chi connectivity index (χ3v) is 6.50. The monoisotopic (exact) mass is 464 g/mol. The lowest BCUT2D eigenvalue weighted by Crippen LogP contribution is -2.40. The minimum Gasteiger partial charge on any atom is -0.494 e. The van der Waals surface area contributed by atoms with Crippen molar-refractivity contribution < 1.29 is 10.2 Å². The lowest BCUT2D eigenvalue weighted by molar-refractivity contribution is 0.352. The topological polar surface area (TPSA) is 116 Å². The van der Waals surface area contributed by atoms with Crippen LogP contribution in [0, 0.1) is 0 Å². The van der Waals surface area contributed by atoms with Gasteiger partial charge < -0.3 is 20.0 Å². The smallest absolute Gasteiger partial charge is 0.263 e. The third-order valence-electron chi connectivity index (χ3n) is 6.50. The second-order valence-electron chi connectivity index (χ2n) is 9.29. The Kier molecular flexibility index (Phi) is 5.29. The molecule has 34 heavy (non-hydrogen) atoms. The van der Waals surface area contributed by atoms with E-state index in [1.54, 1.807) is 12.1 Å². The number of benzene rings is 2. The maximum Gasteiger partial charge on any atom is 0.263 e. The molecule has 0 radical (unpaired) electrons. The summed E-state index contributed by atoms with van der Waals surface area (Å²) >= 11 is 0. The van der Waals surface area contributed by atoms with Crippen molar-refractivity contribution in [3.63, 3.8) is 0 Å². The lowest BCUT2D eigenvalue weighted by atomic mass is 9.94. The normalized spacial score (nSPS) is 13.8. The van der Waals surface area contributed by atoms with Gasteiger partial charge in [0.15, 0.2) is 0 Å². The minimum atomic E-state index is -0.380. The Morgan fingerprint density at radius 1 is 0.735 bits per heavy atom. The molecule has 1 aliphatic rings. The second-order valence-corrected chi connectivity index (χ2v) is 9.29. The molecule has 0 atom stereocenters. The van der Waals surface area contributed by atoms with E-state index in [0.29, 0.717) is 82.3 Å². The summed E-state index contributed by atoms with van der Waals surface area (Å²) in [6, 6.07) is 3.38. The molecule has 0 unspecified atom stereocenters. The lowest BCUT2D eigenvalue weighted by Gasteiger charge is -2.20. The molecule has 1 aliphatic heterocycles. The Morgan fingerprint density at radius 2 is 1.12 bits per heavy atom. The van der Waals surface area contributed by atoms with Crippen LogP contribution in [0.2, 0.25) is 0 Å². The number of aromatic hydroxyl groups is 2. The van der Waals surface area contributed by atoms with Crippen LogP contribution >= 0.6 is 0 Å². The fourth-order valence-corrected chi connectivity index (χ4v) is 4.78. The van der Waals surface area contributed by atoms with Gasteiger partial charge in [0.1, 0.15) is 0 Å². The van der Waals surface area contributed by atoms with Gasteiger partial charge in [0, 0.05) is 47.7 Å². The second kappa shape index (κ2) is 8.07. The van der Waals surface area contributed by atoms with Gasteiger partial charge in [-0.3, -0.25) is 28.7 Å². The van der Waals surface area contributed by atoms with E-state index in [1.807, 2.05) is 38.0 Å². The molecule has 0 fully saturated rings. The van der Waals surface area contributed by atoms with Gasteiger partial charge in [-0.05, 0) is 40.3 Å². The van der Waals surface area contributed by atoms with Gasteiger partial charge in [-0.15, -0.1) is 0 Å². The van der Waals surface area contributed by atoms with E-state index in [-0.39, 0.29) is 22.9 Å². The Morgan fingerprint density at radius 3 is 1.47 bits per heavy atom. The van der Waals surface area contributed by atoms with Crippen molar-refractivity contribution >= 4 is 32.3 Å². The highest BCUT2D eigenvalue weighted by Gasteiger charge is 2.25.